The van der Waals surface area contributed by atoms with E-state index in [1.54, 1.807) is 19.6 Å². The zero-order valence-corrected chi connectivity index (χ0v) is 9.41. The van der Waals surface area contributed by atoms with Gasteiger partial charge in [0.05, 0.1) is 0 Å². The fraction of sp³-hybridized carbons (Fsp3) is 1.00. The van der Waals surface area contributed by atoms with E-state index < -0.39 is 8.32 Å². The Morgan fingerprint density at radius 1 is 0.889 bits per heavy atom. The monoisotopic (exact) mass is 166 g/mol. The molecule has 56 valence electrons. The molecule has 0 rings (SSSR count). The Kier molecular flexibility index (Phi) is 42.3. The third-order valence-electron chi connectivity index (χ3n) is 0. The number of rotatable bonds is 0. The van der Waals surface area contributed by atoms with Crippen LogP contribution in [0.3, 0.4) is 0 Å². The predicted octanol–water partition coefficient (Wildman–Crippen LogP) is -5.29. The van der Waals surface area contributed by atoms with Crippen LogP contribution in [-0.2, 0) is 0 Å². The van der Waals surface area contributed by atoms with Crippen molar-refractivity contribution in [3.05, 3.63) is 0 Å². The molecule has 9 heavy (non-hydrogen) atoms. The third-order valence-corrected chi connectivity index (χ3v) is 0. The first kappa shape index (κ1) is 32.3. The van der Waals surface area contributed by atoms with E-state index in [-0.39, 0.29) is 46.0 Å². The van der Waals surface area contributed by atoms with Crippen molar-refractivity contribution in [2.75, 3.05) is 0 Å². The smallest absolute Gasteiger partial charge is 0.859 e. The summed E-state index contributed by atoms with van der Waals surface area (Å²) in [5.41, 5.74) is 0. The largest absolute Gasteiger partial charge is 1.00 e. The maximum atomic E-state index is 10.2. The van der Waals surface area contributed by atoms with Gasteiger partial charge in [0.25, 0.3) is 0 Å². The van der Waals surface area contributed by atoms with Crippen LogP contribution >= 0.6 is 0 Å². The molecule has 0 unspecified atom stereocenters. The van der Waals surface area contributed by atoms with Gasteiger partial charge in [-0.2, -0.15) is 0 Å². The molecule has 0 aromatic carbocycles. The molecule has 0 amide bonds. The van der Waals surface area contributed by atoms with Gasteiger partial charge in [0.2, 0.25) is 0 Å². The zero-order chi connectivity index (χ0) is 4.50. The second kappa shape index (κ2) is 11.8. The van der Waals surface area contributed by atoms with Crippen molar-refractivity contribution in [2.45, 2.75) is 19.6 Å². The minimum Gasteiger partial charge on any atom is -0.859 e. The third kappa shape index (κ3) is 404. The molecule has 0 bridgehead atoms. The maximum absolute atomic E-state index is 10.2. The van der Waals surface area contributed by atoms with Gasteiger partial charge in [-0.05, 0) is 0 Å². The Morgan fingerprint density at radius 3 is 0.889 bits per heavy atom. The predicted molar refractivity (Wildman–Crippen MR) is 34.2 cm³/mol. The van der Waals surface area contributed by atoms with Crippen LogP contribution in [0.1, 0.15) is 0 Å². The minimum atomic E-state index is -1.86. The van der Waals surface area contributed by atoms with Crippen molar-refractivity contribution < 1.29 is 50.8 Å². The molecule has 0 aromatic heterocycles. The molecule has 0 saturated carbocycles. The van der Waals surface area contributed by atoms with Crippen LogP contribution in [0.25, 0.3) is 0 Å². The van der Waals surface area contributed by atoms with Gasteiger partial charge in [-0.1, -0.05) is 28.0 Å². The standard InChI is InChI=1S/C3H9OSi.Na.3H2O/c1-5(2,3)4;;;;/h1-3H3;;3*1H2/q-1;+1;;;. The average Bonchev–Trinajstić information content (AvgIpc) is 0.722. The van der Waals surface area contributed by atoms with E-state index in [2.05, 4.69) is 0 Å². The first-order chi connectivity index (χ1) is 2.00. The van der Waals surface area contributed by atoms with E-state index in [4.69, 9.17) is 0 Å². The van der Waals surface area contributed by atoms with E-state index in [0.29, 0.717) is 0 Å². The van der Waals surface area contributed by atoms with Gasteiger partial charge in [-0.15, -0.1) is 0 Å². The van der Waals surface area contributed by atoms with E-state index in [1.165, 1.54) is 0 Å². The molecule has 0 radical (unpaired) electrons. The van der Waals surface area contributed by atoms with E-state index in [0.717, 1.165) is 0 Å². The topological polar surface area (TPSA) is 118 Å². The van der Waals surface area contributed by atoms with Crippen LogP contribution in [0.4, 0.5) is 0 Å². The van der Waals surface area contributed by atoms with Crippen molar-refractivity contribution in [3.63, 3.8) is 0 Å². The summed E-state index contributed by atoms with van der Waals surface area (Å²) >= 11 is 0. The molecule has 0 aliphatic rings. The Morgan fingerprint density at radius 2 is 0.889 bits per heavy atom. The van der Waals surface area contributed by atoms with Crippen LogP contribution in [0.5, 0.6) is 0 Å². The van der Waals surface area contributed by atoms with Crippen molar-refractivity contribution in [2.24, 2.45) is 0 Å². The summed E-state index contributed by atoms with van der Waals surface area (Å²) in [7, 11) is -1.86. The zero-order valence-electron chi connectivity index (χ0n) is 6.41. The van der Waals surface area contributed by atoms with Crippen molar-refractivity contribution in [3.8, 4) is 0 Å². The van der Waals surface area contributed by atoms with Gasteiger partial charge in [0, 0.05) is 0 Å². The molecular weight excluding hydrogens is 151 g/mol. The minimum absolute atomic E-state index is 0. The summed E-state index contributed by atoms with van der Waals surface area (Å²) in [6.45, 7) is 5.31. The van der Waals surface area contributed by atoms with E-state index >= 15 is 0 Å². The fourth-order valence-corrected chi connectivity index (χ4v) is 0. The summed E-state index contributed by atoms with van der Waals surface area (Å²) in [6.07, 6.45) is 0. The van der Waals surface area contributed by atoms with Gasteiger partial charge in [0.1, 0.15) is 0 Å². The number of hydrogen-bond acceptors (Lipinski definition) is 1. The molecular formula is C3H15NaO4Si. The Labute approximate surface area is 78.6 Å². The van der Waals surface area contributed by atoms with Crippen molar-refractivity contribution in [1.82, 2.24) is 0 Å². The number of hydrogen-bond donors (Lipinski definition) is 0. The first-order valence-corrected chi connectivity index (χ1v) is 5.11. The van der Waals surface area contributed by atoms with Gasteiger partial charge in [-0.25, -0.2) is 0 Å². The Bertz CT molecular complexity index is 31.3. The van der Waals surface area contributed by atoms with Gasteiger partial charge >= 0.3 is 29.6 Å². The molecule has 4 nitrogen and oxygen atoms in total. The van der Waals surface area contributed by atoms with E-state index in [9.17, 15) is 4.80 Å². The molecule has 0 heterocycles. The van der Waals surface area contributed by atoms with Crippen LogP contribution in [0.15, 0.2) is 0 Å². The van der Waals surface area contributed by atoms with Crippen LogP contribution in [0.2, 0.25) is 19.6 Å². The van der Waals surface area contributed by atoms with Crippen molar-refractivity contribution >= 4 is 8.32 Å². The summed E-state index contributed by atoms with van der Waals surface area (Å²) in [5.74, 6) is 0. The quantitative estimate of drug-likeness (QED) is 0.328. The normalized spacial score (nSPS) is 6.67. The molecule has 0 aliphatic carbocycles. The fourth-order valence-electron chi connectivity index (χ4n) is 0. The first-order valence-electron chi connectivity index (χ1n) is 1.70. The second-order valence-electron chi connectivity index (χ2n) is 2.11. The Hall–Kier alpha value is 1.06. The maximum Gasteiger partial charge on any atom is 1.00 e. The summed E-state index contributed by atoms with van der Waals surface area (Å²) in [5, 5.41) is 0. The molecule has 6 N–H and O–H groups in total. The van der Waals surface area contributed by atoms with Crippen molar-refractivity contribution in [1.29, 1.82) is 0 Å². The summed E-state index contributed by atoms with van der Waals surface area (Å²) in [4.78, 5) is 10.2. The molecule has 0 atom stereocenters. The second-order valence-corrected chi connectivity index (χ2v) is 6.34. The summed E-state index contributed by atoms with van der Waals surface area (Å²) < 4.78 is 0. The molecule has 0 fully saturated rings. The molecule has 0 saturated heterocycles. The molecule has 6 heteroatoms. The van der Waals surface area contributed by atoms with Crippen LogP contribution in [0, 0.1) is 0 Å². The molecule has 0 aromatic rings. The average molecular weight is 166 g/mol. The van der Waals surface area contributed by atoms with Gasteiger partial charge < -0.3 is 21.2 Å². The van der Waals surface area contributed by atoms with E-state index in [1.807, 2.05) is 0 Å². The van der Waals surface area contributed by atoms with Crippen LogP contribution in [-0.4, -0.2) is 24.7 Å². The molecule has 0 aliphatic heterocycles. The van der Waals surface area contributed by atoms with Gasteiger partial charge in [0.15, 0.2) is 0 Å². The molecule has 0 spiro atoms. The SMILES string of the molecule is C[Si](C)(C)[O-].O.O.O.[Na+]. The summed E-state index contributed by atoms with van der Waals surface area (Å²) in [6, 6.07) is 0. The van der Waals surface area contributed by atoms with Gasteiger partial charge in [-0.3, -0.25) is 0 Å². The van der Waals surface area contributed by atoms with Crippen LogP contribution < -0.4 is 34.4 Å². The Balaban J connectivity index is -0.0000000133.